The molecule has 0 saturated carbocycles. The summed E-state index contributed by atoms with van der Waals surface area (Å²) in [7, 11) is -10.5. The molecule has 0 radical (unpaired) electrons. The van der Waals surface area contributed by atoms with Crippen molar-refractivity contribution in [2.24, 2.45) is 0 Å². The van der Waals surface area contributed by atoms with Crippen molar-refractivity contribution in [2.75, 3.05) is 0 Å². The minimum atomic E-state index is -1.77. The molecule has 0 heterocycles. The second-order valence-electron chi connectivity index (χ2n) is 23.5. The first-order valence-electron chi connectivity index (χ1n) is 21.8. The van der Waals surface area contributed by atoms with Crippen molar-refractivity contribution >= 4 is 112 Å². The smallest absolute Gasteiger partial charge is 0.0656 e. The van der Waals surface area contributed by atoms with Crippen molar-refractivity contribution < 1.29 is 0 Å². The summed E-state index contributed by atoms with van der Waals surface area (Å²) in [6.45, 7) is 45.9. The van der Waals surface area contributed by atoms with Crippen LogP contribution in [0, 0.1) is 0 Å². The van der Waals surface area contributed by atoms with Crippen LogP contribution in [0.2, 0.25) is 118 Å². The molecule has 7 aromatic rings. The van der Waals surface area contributed by atoms with Gasteiger partial charge in [0.15, 0.2) is 0 Å². The van der Waals surface area contributed by atoms with Crippen LogP contribution in [0.25, 0.3) is 65.7 Å². The van der Waals surface area contributed by atoms with Crippen molar-refractivity contribution in [1.29, 1.82) is 0 Å². The van der Waals surface area contributed by atoms with Crippen LogP contribution in [0.1, 0.15) is 0 Å². The van der Waals surface area contributed by atoms with Gasteiger partial charge in [0.05, 0.1) is 48.4 Å². The highest BCUT2D eigenvalue weighted by molar-refractivity contribution is 6.95. The Hall–Kier alpha value is -3.12. The van der Waals surface area contributed by atoms with E-state index in [0.29, 0.717) is 0 Å². The van der Waals surface area contributed by atoms with Crippen molar-refractivity contribution in [3.8, 4) is 33.4 Å². The summed E-state index contributed by atoms with van der Waals surface area (Å²) >= 11 is 0. The van der Waals surface area contributed by atoms with Gasteiger partial charge in [0.1, 0.15) is 0 Å². The molecule has 302 valence electrons. The normalized spacial score (nSPS) is 13.7. The maximum Gasteiger partial charge on any atom is 0.0784 e. The molecule has 0 bridgehead atoms. The van der Waals surface area contributed by atoms with E-state index in [1.165, 1.54) is 54.6 Å². The van der Waals surface area contributed by atoms with Crippen molar-refractivity contribution in [1.82, 2.24) is 0 Å². The van der Waals surface area contributed by atoms with Gasteiger partial charge in [-0.3, -0.25) is 0 Å². The average molecular weight is 864 g/mol. The zero-order valence-electron chi connectivity index (χ0n) is 39.2. The second kappa shape index (κ2) is 14.2. The zero-order chi connectivity index (χ0) is 42.7. The van der Waals surface area contributed by atoms with Crippen molar-refractivity contribution in [3.05, 3.63) is 97.1 Å². The standard InChI is InChI=1S/C52H70Si6/c1-53(2,3)42-22-19-23-43(54(4,5)6)50(42)37-30-28-35-29-31-38-40(51-44(55(7,8)9)24-20-25-45(51)56(10,11)12)34-41(39-33-32-36(37)48(35)49(38)39)52-46(57(13,14)15)26-21-27-47(52)58(16,17)18/h19-34H,1-18H3. The lowest BCUT2D eigenvalue weighted by Crippen LogP contribution is -2.48. The number of hydrogen-bond donors (Lipinski definition) is 0. The fourth-order valence-electron chi connectivity index (χ4n) is 9.81. The Morgan fingerprint density at radius 2 is 0.517 bits per heavy atom. The largest absolute Gasteiger partial charge is 0.0784 e. The molecule has 7 aromatic carbocycles. The molecule has 0 fully saturated rings. The summed E-state index contributed by atoms with van der Waals surface area (Å²) < 4.78 is 0. The van der Waals surface area contributed by atoms with Gasteiger partial charge in [0.2, 0.25) is 0 Å². The van der Waals surface area contributed by atoms with Crippen LogP contribution >= 0.6 is 0 Å². The Morgan fingerprint density at radius 1 is 0.259 bits per heavy atom. The number of benzene rings is 7. The van der Waals surface area contributed by atoms with Crippen molar-refractivity contribution in [3.63, 3.8) is 0 Å². The summed E-state index contributed by atoms with van der Waals surface area (Å²) in [4.78, 5) is 0. The lowest BCUT2D eigenvalue weighted by molar-refractivity contribution is 1.62. The Balaban J connectivity index is 1.79. The molecule has 0 aromatic heterocycles. The van der Waals surface area contributed by atoms with Gasteiger partial charge in [-0.2, -0.15) is 0 Å². The molecule has 0 spiro atoms. The van der Waals surface area contributed by atoms with Gasteiger partial charge >= 0.3 is 0 Å². The molecular formula is C52H70Si6. The summed E-state index contributed by atoms with van der Waals surface area (Å²) in [5.74, 6) is 0. The van der Waals surface area contributed by atoms with E-state index >= 15 is 0 Å². The number of hydrogen-bond acceptors (Lipinski definition) is 0. The third-order valence-electron chi connectivity index (χ3n) is 12.6. The van der Waals surface area contributed by atoms with Gasteiger partial charge < -0.3 is 0 Å². The van der Waals surface area contributed by atoms with Gasteiger partial charge in [-0.05, 0) is 71.8 Å². The van der Waals surface area contributed by atoms with E-state index in [4.69, 9.17) is 0 Å². The quantitative estimate of drug-likeness (QED) is 0.100. The SMILES string of the molecule is C[Si](C)(C)c1cccc([Si](C)(C)C)c1-c1ccc2ccc3c(-c4c([Si](C)(C)C)cccc4[Si](C)(C)C)cc(-c4c([Si](C)(C)C)cccc4[Si](C)(C)C)c4ccc1c2c34. The summed E-state index contributed by atoms with van der Waals surface area (Å²) in [5, 5.41) is 18.1. The first-order chi connectivity index (χ1) is 26.6. The average Bonchev–Trinajstić information content (AvgIpc) is 3.10. The minimum Gasteiger partial charge on any atom is -0.0656 e. The van der Waals surface area contributed by atoms with E-state index in [1.807, 2.05) is 0 Å². The molecule has 0 aliphatic heterocycles. The van der Waals surface area contributed by atoms with E-state index in [9.17, 15) is 0 Å². The third kappa shape index (κ3) is 7.49. The highest BCUT2D eigenvalue weighted by Gasteiger charge is 2.34. The molecule has 58 heavy (non-hydrogen) atoms. The number of rotatable bonds is 9. The predicted octanol–water partition coefficient (Wildman–Crippen LogP) is 12.9. The molecule has 0 saturated heterocycles. The molecule has 0 N–H and O–H groups in total. The summed E-state index contributed by atoms with van der Waals surface area (Å²) in [6, 6.07) is 39.7. The van der Waals surface area contributed by atoms with Crippen LogP contribution in [0.4, 0.5) is 0 Å². The Kier molecular flexibility index (Phi) is 10.6. The van der Waals surface area contributed by atoms with E-state index in [1.54, 1.807) is 42.2 Å². The van der Waals surface area contributed by atoms with E-state index in [-0.39, 0.29) is 0 Å². The van der Waals surface area contributed by atoms with Crippen LogP contribution in [-0.2, 0) is 0 Å². The predicted molar refractivity (Wildman–Crippen MR) is 284 cm³/mol. The molecule has 6 heteroatoms. The molecular weight excluding hydrogens is 793 g/mol. The maximum atomic E-state index is 2.71. The van der Waals surface area contributed by atoms with Gasteiger partial charge in [-0.1, -0.05) is 240 Å². The highest BCUT2D eigenvalue weighted by Crippen LogP contribution is 2.46. The van der Waals surface area contributed by atoms with E-state index in [2.05, 4.69) is 215 Å². The van der Waals surface area contributed by atoms with Crippen LogP contribution in [0.15, 0.2) is 97.1 Å². The molecule has 0 atom stereocenters. The zero-order valence-corrected chi connectivity index (χ0v) is 45.2. The molecule has 0 aliphatic rings. The van der Waals surface area contributed by atoms with E-state index in [0.717, 1.165) is 0 Å². The van der Waals surface area contributed by atoms with Gasteiger partial charge in [0, 0.05) is 0 Å². The molecule has 0 aliphatic carbocycles. The molecule has 0 nitrogen and oxygen atoms in total. The second-order valence-corrected chi connectivity index (χ2v) is 53.7. The summed E-state index contributed by atoms with van der Waals surface area (Å²) in [6.07, 6.45) is 0. The molecule has 7 rings (SSSR count). The fourth-order valence-corrected chi connectivity index (χ4v) is 19.9. The third-order valence-corrected chi connectivity index (χ3v) is 24.8. The van der Waals surface area contributed by atoms with E-state index < -0.39 is 48.4 Å². The van der Waals surface area contributed by atoms with Crippen LogP contribution in [-0.4, -0.2) is 48.4 Å². The van der Waals surface area contributed by atoms with Crippen LogP contribution < -0.4 is 31.1 Å². The first-order valence-corrected chi connectivity index (χ1v) is 42.8. The van der Waals surface area contributed by atoms with Crippen LogP contribution in [0.5, 0.6) is 0 Å². The Labute approximate surface area is 357 Å². The molecule has 0 unspecified atom stereocenters. The van der Waals surface area contributed by atoms with Gasteiger partial charge in [-0.15, -0.1) is 0 Å². The van der Waals surface area contributed by atoms with Crippen molar-refractivity contribution in [2.45, 2.75) is 118 Å². The first kappa shape index (κ1) is 43.0. The topological polar surface area (TPSA) is 0 Å². The van der Waals surface area contributed by atoms with Crippen LogP contribution in [0.3, 0.4) is 0 Å². The monoisotopic (exact) mass is 862 g/mol. The minimum absolute atomic E-state index is 1.35. The lowest BCUT2D eigenvalue weighted by atomic mass is 9.84. The Bertz CT molecular complexity index is 2520. The lowest BCUT2D eigenvalue weighted by Gasteiger charge is -2.32. The maximum absolute atomic E-state index is 2.71. The Morgan fingerprint density at radius 3 is 0.828 bits per heavy atom. The van der Waals surface area contributed by atoms with Gasteiger partial charge in [-0.25, -0.2) is 0 Å². The fraction of sp³-hybridized carbons (Fsp3) is 0.346. The van der Waals surface area contributed by atoms with Gasteiger partial charge in [0.25, 0.3) is 0 Å². The summed E-state index contributed by atoms with van der Waals surface area (Å²) in [5.41, 5.74) is 8.97. The molecule has 0 amide bonds. The highest BCUT2D eigenvalue weighted by atomic mass is 28.3.